The molecule has 1 unspecified atom stereocenters. The topological polar surface area (TPSA) is 82.0 Å². The van der Waals surface area contributed by atoms with E-state index in [-0.39, 0.29) is 12.3 Å². The molecule has 6 nitrogen and oxygen atoms in total. The van der Waals surface area contributed by atoms with Gasteiger partial charge in [-0.2, -0.15) is 0 Å². The van der Waals surface area contributed by atoms with E-state index in [1.54, 1.807) is 38.1 Å². The molecule has 1 heterocycles. The molecule has 2 N–H and O–H groups in total. The third kappa shape index (κ3) is 4.86. The van der Waals surface area contributed by atoms with E-state index in [2.05, 4.69) is 10.3 Å². The summed E-state index contributed by atoms with van der Waals surface area (Å²) in [7, 11) is -3.11. The normalized spacial score (nSPS) is 21.0. The van der Waals surface area contributed by atoms with Crippen LogP contribution in [0.5, 0.6) is 0 Å². The molecule has 8 heteroatoms. The number of sulfone groups is 1. The van der Waals surface area contributed by atoms with E-state index in [4.69, 9.17) is 11.6 Å². The molecule has 1 fully saturated rings. The number of nitrogens with zero attached hydrogens (tertiary/aromatic N) is 2. The summed E-state index contributed by atoms with van der Waals surface area (Å²) in [6.45, 7) is 7.05. The molecule has 1 atom stereocenters. The molecule has 0 radical (unpaired) electrons. The number of rotatable bonds is 4. The molecule has 0 saturated carbocycles. The van der Waals surface area contributed by atoms with E-state index in [1.807, 2.05) is 11.8 Å². The second-order valence-electron chi connectivity index (χ2n) is 6.76. The van der Waals surface area contributed by atoms with Gasteiger partial charge < -0.3 is 15.3 Å². The number of halogens is 1. The monoisotopic (exact) mass is 387 g/mol. The maximum absolute atomic E-state index is 12.2. The van der Waals surface area contributed by atoms with Crippen molar-refractivity contribution in [1.82, 2.24) is 10.2 Å². The van der Waals surface area contributed by atoms with Crippen LogP contribution in [0.15, 0.2) is 29.3 Å². The lowest BCUT2D eigenvalue weighted by Gasteiger charge is -2.39. The second kappa shape index (κ2) is 7.93. The van der Waals surface area contributed by atoms with Crippen molar-refractivity contribution in [2.24, 2.45) is 4.99 Å². The number of nitrogens with one attached hydrogen (secondary N) is 1. The number of benzene rings is 1. The molecule has 0 spiro atoms. The van der Waals surface area contributed by atoms with Gasteiger partial charge in [-0.25, -0.2) is 8.42 Å². The lowest BCUT2D eigenvalue weighted by molar-refractivity contribution is 0.186. The maximum Gasteiger partial charge on any atom is 0.194 e. The predicted octanol–water partition coefficient (Wildman–Crippen LogP) is 1.85. The Morgan fingerprint density at radius 3 is 2.60 bits per heavy atom. The minimum Gasteiger partial charge on any atom is -0.386 e. The van der Waals surface area contributed by atoms with Crippen LogP contribution < -0.4 is 5.32 Å². The molecule has 1 aliphatic rings. The zero-order chi connectivity index (χ0) is 18.7. The van der Waals surface area contributed by atoms with Gasteiger partial charge in [0.15, 0.2) is 15.8 Å². The molecule has 2 rings (SSSR count). The lowest BCUT2D eigenvalue weighted by Crippen LogP contribution is -2.57. The fraction of sp³-hybridized carbons (Fsp3) is 0.588. The van der Waals surface area contributed by atoms with Crippen molar-refractivity contribution in [3.8, 4) is 0 Å². The standard InChI is InChI=1S/C17H26ClN3O3S/c1-4-19-16(21-9-10-25(23,24)17(2,3)12-21)20-11-15(22)13-5-7-14(18)8-6-13/h5-8,15,22H,4,9-12H2,1-3H3,(H,19,20). The number of hydrogen-bond donors (Lipinski definition) is 2. The summed E-state index contributed by atoms with van der Waals surface area (Å²) in [5, 5.41) is 14.1. The van der Waals surface area contributed by atoms with Crippen LogP contribution in [0.3, 0.4) is 0 Å². The quantitative estimate of drug-likeness (QED) is 0.608. The number of hydrogen-bond acceptors (Lipinski definition) is 4. The van der Waals surface area contributed by atoms with Crippen LogP contribution in [-0.4, -0.2) is 61.1 Å². The van der Waals surface area contributed by atoms with E-state index in [0.29, 0.717) is 30.6 Å². The Hall–Kier alpha value is -1.31. The first kappa shape index (κ1) is 20.0. The summed E-state index contributed by atoms with van der Waals surface area (Å²) in [5.41, 5.74) is 0.741. The highest BCUT2D eigenvalue weighted by atomic mass is 35.5. The summed E-state index contributed by atoms with van der Waals surface area (Å²) >= 11 is 5.86. The molecule has 0 aromatic heterocycles. The summed E-state index contributed by atoms with van der Waals surface area (Å²) in [6, 6.07) is 7.00. The highest BCUT2D eigenvalue weighted by Crippen LogP contribution is 2.24. The van der Waals surface area contributed by atoms with Crippen LogP contribution in [-0.2, 0) is 9.84 Å². The SMILES string of the molecule is CCNC(=NCC(O)c1ccc(Cl)cc1)N1CCS(=O)(=O)C(C)(C)C1. The Balaban J connectivity index is 2.12. The van der Waals surface area contributed by atoms with Gasteiger partial charge in [0, 0.05) is 24.7 Å². The van der Waals surface area contributed by atoms with E-state index in [0.717, 1.165) is 5.56 Å². The highest BCUT2D eigenvalue weighted by Gasteiger charge is 2.40. The highest BCUT2D eigenvalue weighted by molar-refractivity contribution is 7.92. The van der Waals surface area contributed by atoms with Gasteiger partial charge in [-0.05, 0) is 38.5 Å². The molecule has 1 aliphatic heterocycles. The zero-order valence-corrected chi connectivity index (χ0v) is 16.4. The zero-order valence-electron chi connectivity index (χ0n) is 14.9. The van der Waals surface area contributed by atoms with Crippen molar-refractivity contribution in [3.05, 3.63) is 34.9 Å². The van der Waals surface area contributed by atoms with Gasteiger partial charge in [-0.1, -0.05) is 23.7 Å². The van der Waals surface area contributed by atoms with Crippen molar-refractivity contribution in [1.29, 1.82) is 0 Å². The minimum absolute atomic E-state index is 0.101. The van der Waals surface area contributed by atoms with E-state index < -0.39 is 20.7 Å². The Kier molecular flexibility index (Phi) is 6.35. The van der Waals surface area contributed by atoms with Gasteiger partial charge in [0.05, 0.1) is 23.1 Å². The van der Waals surface area contributed by atoms with Gasteiger partial charge in [-0.15, -0.1) is 0 Å². The van der Waals surface area contributed by atoms with Gasteiger partial charge in [0.2, 0.25) is 0 Å². The largest absolute Gasteiger partial charge is 0.386 e. The van der Waals surface area contributed by atoms with E-state index in [1.165, 1.54) is 0 Å². The Morgan fingerprint density at radius 1 is 1.40 bits per heavy atom. The van der Waals surface area contributed by atoms with Gasteiger partial charge in [-0.3, -0.25) is 4.99 Å². The number of guanidine groups is 1. The van der Waals surface area contributed by atoms with Crippen LogP contribution in [0.4, 0.5) is 0 Å². The molecule has 0 aliphatic carbocycles. The van der Waals surface area contributed by atoms with Crippen LogP contribution in [0.2, 0.25) is 5.02 Å². The first-order valence-corrected chi connectivity index (χ1v) is 10.4. The van der Waals surface area contributed by atoms with E-state index >= 15 is 0 Å². The van der Waals surface area contributed by atoms with Crippen molar-refractivity contribution >= 4 is 27.4 Å². The van der Waals surface area contributed by atoms with Gasteiger partial charge in [0.1, 0.15) is 0 Å². The molecule has 1 saturated heterocycles. The van der Waals surface area contributed by atoms with Crippen LogP contribution in [0.25, 0.3) is 0 Å². The Morgan fingerprint density at radius 2 is 2.04 bits per heavy atom. The lowest BCUT2D eigenvalue weighted by atomic mass is 10.1. The summed E-state index contributed by atoms with van der Waals surface area (Å²) in [5.74, 6) is 0.725. The van der Waals surface area contributed by atoms with Crippen molar-refractivity contribution < 1.29 is 13.5 Å². The Bertz CT molecular complexity index is 717. The first-order valence-electron chi connectivity index (χ1n) is 8.35. The Labute approximate surface area is 154 Å². The van der Waals surface area contributed by atoms with Gasteiger partial charge in [0.25, 0.3) is 0 Å². The average molecular weight is 388 g/mol. The molecule has 1 aromatic carbocycles. The molecule has 25 heavy (non-hydrogen) atoms. The summed E-state index contributed by atoms with van der Waals surface area (Å²) < 4.78 is 23.5. The molecule has 1 aromatic rings. The maximum atomic E-state index is 12.2. The van der Waals surface area contributed by atoms with Crippen LogP contribution >= 0.6 is 11.6 Å². The number of aliphatic hydroxyl groups excluding tert-OH is 1. The van der Waals surface area contributed by atoms with Crippen LogP contribution in [0, 0.1) is 0 Å². The molecule has 140 valence electrons. The first-order chi connectivity index (χ1) is 11.7. The molecule has 0 amide bonds. The minimum atomic E-state index is -3.11. The molecular formula is C17H26ClN3O3S. The summed E-state index contributed by atoms with van der Waals surface area (Å²) in [6.07, 6.45) is -0.743. The van der Waals surface area contributed by atoms with E-state index in [9.17, 15) is 13.5 Å². The third-order valence-corrected chi connectivity index (χ3v) is 7.13. The fourth-order valence-corrected chi connectivity index (χ4v) is 4.21. The number of aliphatic hydroxyl groups is 1. The van der Waals surface area contributed by atoms with Crippen molar-refractivity contribution in [2.45, 2.75) is 31.6 Å². The second-order valence-corrected chi connectivity index (χ2v) is 9.94. The third-order valence-electron chi connectivity index (χ3n) is 4.35. The smallest absolute Gasteiger partial charge is 0.194 e. The van der Waals surface area contributed by atoms with Crippen LogP contribution in [0.1, 0.15) is 32.4 Å². The summed E-state index contributed by atoms with van der Waals surface area (Å²) in [4.78, 5) is 6.45. The van der Waals surface area contributed by atoms with Crippen molar-refractivity contribution in [3.63, 3.8) is 0 Å². The average Bonchev–Trinajstić information content (AvgIpc) is 2.54. The fourth-order valence-electron chi connectivity index (χ4n) is 2.71. The molecule has 0 bridgehead atoms. The van der Waals surface area contributed by atoms with Gasteiger partial charge >= 0.3 is 0 Å². The van der Waals surface area contributed by atoms with Crippen molar-refractivity contribution in [2.75, 3.05) is 31.9 Å². The number of aliphatic imine (C=N–C) groups is 1. The predicted molar refractivity (Wildman–Crippen MR) is 102 cm³/mol. The molecular weight excluding hydrogens is 362 g/mol.